The predicted molar refractivity (Wildman–Crippen MR) is 104 cm³/mol. The lowest BCUT2D eigenvalue weighted by Crippen LogP contribution is -1.99. The molecule has 0 unspecified atom stereocenters. The monoisotopic (exact) mass is 314 g/mol. The zero-order valence-electron chi connectivity index (χ0n) is 15.0. The van der Waals surface area contributed by atoms with Crippen LogP contribution in [0.3, 0.4) is 0 Å². The maximum atomic E-state index is 2.40. The van der Waals surface area contributed by atoms with Crippen molar-refractivity contribution >= 4 is 0 Å². The summed E-state index contributed by atoms with van der Waals surface area (Å²) in [6.45, 7) is 6.66. The summed E-state index contributed by atoms with van der Waals surface area (Å²) in [4.78, 5) is 0. The molecular weight excluding hydrogens is 288 g/mol. The van der Waals surface area contributed by atoms with Gasteiger partial charge in [-0.05, 0) is 72.1 Å². The van der Waals surface area contributed by atoms with Gasteiger partial charge in [0.15, 0.2) is 0 Å². The van der Waals surface area contributed by atoms with E-state index < -0.39 is 0 Å². The average molecular weight is 314 g/mol. The van der Waals surface area contributed by atoms with Crippen LogP contribution in [-0.4, -0.2) is 0 Å². The molecule has 0 saturated carbocycles. The van der Waals surface area contributed by atoms with Crippen molar-refractivity contribution in [2.75, 3.05) is 0 Å². The molecule has 3 aromatic carbocycles. The van der Waals surface area contributed by atoms with E-state index in [1.54, 1.807) is 0 Å². The minimum Gasteiger partial charge on any atom is -0.0620 e. The van der Waals surface area contributed by atoms with Gasteiger partial charge in [0.2, 0.25) is 0 Å². The summed E-state index contributed by atoms with van der Waals surface area (Å²) in [5.74, 6) is 0. The molecule has 24 heavy (non-hydrogen) atoms. The Morgan fingerprint density at radius 3 is 1.75 bits per heavy atom. The zero-order chi connectivity index (χ0) is 16.9. The van der Waals surface area contributed by atoms with Crippen LogP contribution >= 0.6 is 0 Å². The lowest BCUT2D eigenvalue weighted by Gasteiger charge is -2.13. The Labute approximate surface area is 146 Å². The highest BCUT2D eigenvalue weighted by atomic mass is 14.1. The van der Waals surface area contributed by atoms with Crippen LogP contribution in [0.15, 0.2) is 66.7 Å². The maximum absolute atomic E-state index is 2.40. The van der Waals surface area contributed by atoms with E-state index in [9.17, 15) is 0 Å². The second-order valence-corrected chi connectivity index (χ2v) is 6.66. The van der Waals surface area contributed by atoms with Gasteiger partial charge in [-0.25, -0.2) is 0 Å². The fraction of sp³-hybridized carbons (Fsp3) is 0.250. The summed E-state index contributed by atoms with van der Waals surface area (Å²) in [6.07, 6.45) is 3.13. The van der Waals surface area contributed by atoms with Gasteiger partial charge in [-0.3, -0.25) is 0 Å². The van der Waals surface area contributed by atoms with Gasteiger partial charge >= 0.3 is 0 Å². The third kappa shape index (κ3) is 3.76. The summed E-state index contributed by atoms with van der Waals surface area (Å²) in [5, 5.41) is 0. The number of rotatable bonds is 5. The Morgan fingerprint density at radius 1 is 0.583 bits per heavy atom. The predicted octanol–water partition coefficient (Wildman–Crippen LogP) is 6.05. The van der Waals surface area contributed by atoms with Crippen molar-refractivity contribution in [1.29, 1.82) is 0 Å². The van der Waals surface area contributed by atoms with Crippen molar-refractivity contribution in [3.8, 4) is 0 Å². The van der Waals surface area contributed by atoms with Crippen LogP contribution in [0, 0.1) is 13.8 Å². The number of hydrogen-bond donors (Lipinski definition) is 0. The number of benzene rings is 3. The Morgan fingerprint density at radius 2 is 1.17 bits per heavy atom. The molecule has 0 atom stereocenters. The van der Waals surface area contributed by atoms with E-state index in [0.717, 1.165) is 19.3 Å². The fourth-order valence-electron chi connectivity index (χ4n) is 3.33. The van der Waals surface area contributed by atoms with Crippen LogP contribution in [0.1, 0.15) is 45.9 Å². The summed E-state index contributed by atoms with van der Waals surface area (Å²) >= 11 is 0. The summed E-state index contributed by atoms with van der Waals surface area (Å²) < 4.78 is 0. The van der Waals surface area contributed by atoms with E-state index in [0.29, 0.717) is 0 Å². The van der Waals surface area contributed by atoms with Crippen LogP contribution in [0.2, 0.25) is 0 Å². The lowest BCUT2D eigenvalue weighted by atomic mass is 9.92. The van der Waals surface area contributed by atoms with Crippen LogP contribution in [0.4, 0.5) is 0 Å². The maximum Gasteiger partial charge on any atom is -0.00204 e. The first-order valence-corrected chi connectivity index (χ1v) is 8.87. The number of hydrogen-bond acceptors (Lipinski definition) is 0. The molecule has 0 spiro atoms. The molecule has 0 amide bonds. The van der Waals surface area contributed by atoms with Crippen molar-refractivity contribution in [2.24, 2.45) is 0 Å². The standard InChI is InChI=1S/C24H26/c1-4-21-15-20(16-22-11-7-5-9-18(22)2)13-14-24(21)17-23-12-8-6-10-19(23)3/h5-15H,4,16-17H2,1-3H3. The molecule has 122 valence electrons. The van der Waals surface area contributed by atoms with Gasteiger partial charge in [0, 0.05) is 0 Å². The Balaban J connectivity index is 1.86. The van der Waals surface area contributed by atoms with E-state index in [-0.39, 0.29) is 0 Å². The van der Waals surface area contributed by atoms with Crippen molar-refractivity contribution in [3.05, 3.63) is 106 Å². The van der Waals surface area contributed by atoms with Gasteiger partial charge in [-0.2, -0.15) is 0 Å². The smallest absolute Gasteiger partial charge is 0.00204 e. The quantitative estimate of drug-likeness (QED) is 0.538. The normalized spacial score (nSPS) is 10.8. The van der Waals surface area contributed by atoms with Crippen LogP contribution in [-0.2, 0) is 19.3 Å². The molecule has 0 fully saturated rings. The van der Waals surface area contributed by atoms with E-state index >= 15 is 0 Å². The van der Waals surface area contributed by atoms with Gasteiger partial charge in [0.05, 0.1) is 0 Å². The van der Waals surface area contributed by atoms with Crippen molar-refractivity contribution < 1.29 is 0 Å². The average Bonchev–Trinajstić information content (AvgIpc) is 2.60. The highest BCUT2D eigenvalue weighted by molar-refractivity contribution is 5.40. The molecule has 0 nitrogen and oxygen atoms in total. The van der Waals surface area contributed by atoms with E-state index in [1.807, 2.05) is 0 Å². The van der Waals surface area contributed by atoms with E-state index in [2.05, 4.69) is 87.5 Å². The third-order valence-electron chi connectivity index (χ3n) is 4.95. The van der Waals surface area contributed by atoms with Crippen molar-refractivity contribution in [3.63, 3.8) is 0 Å². The van der Waals surface area contributed by atoms with Crippen molar-refractivity contribution in [2.45, 2.75) is 40.0 Å². The van der Waals surface area contributed by atoms with E-state index in [4.69, 9.17) is 0 Å². The third-order valence-corrected chi connectivity index (χ3v) is 4.95. The molecule has 0 heteroatoms. The minimum atomic E-state index is 1.02. The second-order valence-electron chi connectivity index (χ2n) is 6.66. The SMILES string of the molecule is CCc1cc(Cc2ccccc2C)ccc1Cc1ccccc1C. The summed E-state index contributed by atoms with van der Waals surface area (Å²) in [6, 6.07) is 24.4. The lowest BCUT2D eigenvalue weighted by molar-refractivity contribution is 1.03. The van der Waals surface area contributed by atoms with Crippen LogP contribution in [0.5, 0.6) is 0 Å². The van der Waals surface area contributed by atoms with Gasteiger partial charge in [-0.1, -0.05) is 73.7 Å². The molecule has 0 radical (unpaired) electrons. The molecule has 3 aromatic rings. The largest absolute Gasteiger partial charge is 0.0620 e. The molecule has 0 bridgehead atoms. The van der Waals surface area contributed by atoms with Gasteiger partial charge in [0.25, 0.3) is 0 Å². The van der Waals surface area contributed by atoms with Crippen molar-refractivity contribution in [1.82, 2.24) is 0 Å². The fourth-order valence-corrected chi connectivity index (χ4v) is 3.33. The summed E-state index contributed by atoms with van der Waals surface area (Å²) in [5.41, 5.74) is 9.95. The topological polar surface area (TPSA) is 0 Å². The first-order valence-electron chi connectivity index (χ1n) is 8.87. The highest BCUT2D eigenvalue weighted by Crippen LogP contribution is 2.21. The summed E-state index contributed by atoms with van der Waals surface area (Å²) in [7, 11) is 0. The molecular formula is C24H26. The zero-order valence-corrected chi connectivity index (χ0v) is 15.0. The molecule has 0 aliphatic rings. The number of aryl methyl sites for hydroxylation is 3. The van der Waals surface area contributed by atoms with Gasteiger partial charge in [-0.15, -0.1) is 0 Å². The molecule has 3 rings (SSSR count). The molecule has 0 N–H and O–H groups in total. The molecule has 0 aliphatic heterocycles. The van der Waals surface area contributed by atoms with Gasteiger partial charge < -0.3 is 0 Å². The Hall–Kier alpha value is -2.34. The molecule has 0 heterocycles. The van der Waals surface area contributed by atoms with Crippen LogP contribution < -0.4 is 0 Å². The molecule has 0 aromatic heterocycles. The highest BCUT2D eigenvalue weighted by Gasteiger charge is 2.07. The van der Waals surface area contributed by atoms with E-state index in [1.165, 1.54) is 38.9 Å². The minimum absolute atomic E-state index is 1.02. The molecule has 0 saturated heterocycles. The second kappa shape index (κ2) is 7.49. The van der Waals surface area contributed by atoms with Gasteiger partial charge in [0.1, 0.15) is 0 Å². The Bertz CT molecular complexity index is 827. The Kier molecular flexibility index (Phi) is 5.15. The molecule has 0 aliphatic carbocycles. The van der Waals surface area contributed by atoms with Crippen LogP contribution in [0.25, 0.3) is 0 Å². The first-order chi connectivity index (χ1) is 11.7. The first kappa shape index (κ1) is 16.5.